The van der Waals surface area contributed by atoms with E-state index in [9.17, 15) is 9.18 Å². The van der Waals surface area contributed by atoms with Crippen molar-refractivity contribution < 1.29 is 9.18 Å². The Bertz CT molecular complexity index is 835. The summed E-state index contributed by atoms with van der Waals surface area (Å²) in [4.78, 5) is 12.2. The van der Waals surface area contributed by atoms with Gasteiger partial charge in [0.15, 0.2) is 0 Å². The molecule has 0 bridgehead atoms. The Morgan fingerprint density at radius 2 is 1.96 bits per heavy atom. The number of benzene rings is 1. The lowest BCUT2D eigenvalue weighted by molar-refractivity contribution is 0.102. The quantitative estimate of drug-likeness (QED) is 0.804. The van der Waals surface area contributed by atoms with E-state index >= 15 is 0 Å². The van der Waals surface area contributed by atoms with Gasteiger partial charge in [0.1, 0.15) is 5.82 Å². The molecule has 3 aromatic rings. The van der Waals surface area contributed by atoms with Crippen molar-refractivity contribution in [3.8, 4) is 0 Å². The summed E-state index contributed by atoms with van der Waals surface area (Å²) in [6, 6.07) is 6.22. The Labute approximate surface area is 132 Å². The zero-order chi connectivity index (χ0) is 16.4. The van der Waals surface area contributed by atoms with Crippen molar-refractivity contribution in [2.45, 2.75) is 13.5 Å². The average Bonchev–Trinajstić information content (AvgIpc) is 3.09. The van der Waals surface area contributed by atoms with Gasteiger partial charge < -0.3 is 5.32 Å². The number of carbonyl (C=O) groups is 1. The van der Waals surface area contributed by atoms with Crippen molar-refractivity contribution in [1.29, 1.82) is 0 Å². The van der Waals surface area contributed by atoms with Gasteiger partial charge in [-0.25, -0.2) is 4.39 Å². The summed E-state index contributed by atoms with van der Waals surface area (Å²) < 4.78 is 16.2. The molecule has 1 aromatic carbocycles. The van der Waals surface area contributed by atoms with Crippen LogP contribution < -0.4 is 5.32 Å². The van der Waals surface area contributed by atoms with E-state index in [1.165, 1.54) is 18.3 Å². The van der Waals surface area contributed by atoms with Gasteiger partial charge in [0.2, 0.25) is 0 Å². The monoisotopic (exact) mass is 313 g/mol. The summed E-state index contributed by atoms with van der Waals surface area (Å²) in [6.45, 7) is 2.34. The number of aromatic nitrogens is 4. The number of rotatable bonds is 4. The number of carbonyl (C=O) groups excluding carboxylic acids is 1. The van der Waals surface area contributed by atoms with Gasteiger partial charge >= 0.3 is 0 Å². The Morgan fingerprint density at radius 3 is 2.61 bits per heavy atom. The SMILES string of the molecule is Cc1c(C(=O)Nc2cnn(Cc3ccc(F)cc3)c2)cnn1C. The van der Waals surface area contributed by atoms with Crippen LogP contribution in [0.5, 0.6) is 0 Å². The second-order valence-corrected chi connectivity index (χ2v) is 5.27. The van der Waals surface area contributed by atoms with Crippen LogP contribution in [0, 0.1) is 12.7 Å². The van der Waals surface area contributed by atoms with E-state index in [-0.39, 0.29) is 11.7 Å². The molecule has 3 rings (SSSR count). The van der Waals surface area contributed by atoms with Crippen LogP contribution in [0.15, 0.2) is 42.9 Å². The average molecular weight is 313 g/mol. The molecule has 0 saturated heterocycles. The molecule has 0 saturated carbocycles. The third-order valence-electron chi connectivity index (χ3n) is 3.63. The molecule has 0 aliphatic heterocycles. The molecule has 7 heteroatoms. The summed E-state index contributed by atoms with van der Waals surface area (Å²) in [5.74, 6) is -0.494. The van der Waals surface area contributed by atoms with E-state index in [4.69, 9.17) is 0 Å². The summed E-state index contributed by atoms with van der Waals surface area (Å²) in [5, 5.41) is 11.0. The Morgan fingerprint density at radius 1 is 1.22 bits per heavy atom. The molecule has 0 radical (unpaired) electrons. The first-order chi connectivity index (χ1) is 11.0. The van der Waals surface area contributed by atoms with Gasteiger partial charge in [-0.1, -0.05) is 12.1 Å². The van der Waals surface area contributed by atoms with Crippen molar-refractivity contribution in [3.63, 3.8) is 0 Å². The first kappa shape index (κ1) is 15.0. The third kappa shape index (κ3) is 3.28. The second-order valence-electron chi connectivity index (χ2n) is 5.27. The van der Waals surface area contributed by atoms with Gasteiger partial charge in [-0.2, -0.15) is 10.2 Å². The summed E-state index contributed by atoms with van der Waals surface area (Å²) >= 11 is 0. The molecule has 2 aromatic heterocycles. The van der Waals surface area contributed by atoms with Crippen LogP contribution >= 0.6 is 0 Å². The van der Waals surface area contributed by atoms with Gasteiger partial charge in [-0.3, -0.25) is 14.2 Å². The van der Waals surface area contributed by atoms with Crippen molar-refractivity contribution >= 4 is 11.6 Å². The largest absolute Gasteiger partial charge is 0.319 e. The molecule has 0 spiro atoms. The molecule has 6 nitrogen and oxygen atoms in total. The van der Waals surface area contributed by atoms with Crippen LogP contribution in [-0.2, 0) is 13.6 Å². The Balaban J connectivity index is 1.68. The fraction of sp³-hybridized carbons (Fsp3) is 0.188. The highest BCUT2D eigenvalue weighted by atomic mass is 19.1. The van der Waals surface area contributed by atoms with Crippen LogP contribution in [0.25, 0.3) is 0 Å². The van der Waals surface area contributed by atoms with E-state index in [2.05, 4.69) is 15.5 Å². The zero-order valence-corrected chi connectivity index (χ0v) is 12.8. The van der Waals surface area contributed by atoms with Gasteiger partial charge in [-0.15, -0.1) is 0 Å². The number of aryl methyl sites for hydroxylation is 1. The van der Waals surface area contributed by atoms with Gasteiger partial charge in [0.05, 0.1) is 30.2 Å². The maximum atomic E-state index is 12.9. The van der Waals surface area contributed by atoms with Gasteiger partial charge in [0.25, 0.3) is 5.91 Å². The molecular formula is C16H16FN5O. The minimum absolute atomic E-state index is 0.225. The van der Waals surface area contributed by atoms with Crippen molar-refractivity contribution in [3.05, 3.63) is 65.5 Å². The minimum atomic E-state index is -0.269. The van der Waals surface area contributed by atoms with E-state index < -0.39 is 0 Å². The summed E-state index contributed by atoms with van der Waals surface area (Å²) in [7, 11) is 1.78. The highest BCUT2D eigenvalue weighted by Crippen LogP contribution is 2.12. The lowest BCUT2D eigenvalue weighted by Crippen LogP contribution is -2.12. The number of nitrogens with one attached hydrogen (secondary N) is 1. The number of hydrogen-bond acceptors (Lipinski definition) is 3. The van der Waals surface area contributed by atoms with E-state index in [0.717, 1.165) is 11.3 Å². The fourth-order valence-electron chi connectivity index (χ4n) is 2.21. The molecular weight excluding hydrogens is 297 g/mol. The number of hydrogen-bond donors (Lipinski definition) is 1. The van der Waals surface area contributed by atoms with Crippen LogP contribution in [0.4, 0.5) is 10.1 Å². The van der Waals surface area contributed by atoms with Crippen molar-refractivity contribution in [2.24, 2.45) is 7.05 Å². The number of anilines is 1. The number of amides is 1. The van der Waals surface area contributed by atoms with Crippen LogP contribution in [0.2, 0.25) is 0 Å². The topological polar surface area (TPSA) is 64.7 Å². The Kier molecular flexibility index (Phi) is 3.92. The third-order valence-corrected chi connectivity index (χ3v) is 3.63. The Hall–Kier alpha value is -2.96. The number of nitrogens with zero attached hydrogens (tertiary/aromatic N) is 4. The first-order valence-electron chi connectivity index (χ1n) is 7.10. The lowest BCUT2D eigenvalue weighted by atomic mass is 10.2. The van der Waals surface area contributed by atoms with Crippen LogP contribution in [0.1, 0.15) is 21.6 Å². The lowest BCUT2D eigenvalue weighted by Gasteiger charge is -2.03. The second kappa shape index (κ2) is 6.04. The summed E-state index contributed by atoms with van der Waals surface area (Å²) in [5.41, 5.74) is 2.84. The predicted molar refractivity (Wildman–Crippen MR) is 83.6 cm³/mol. The number of halogens is 1. The molecule has 0 fully saturated rings. The van der Waals surface area contributed by atoms with E-state index in [1.807, 2.05) is 6.92 Å². The maximum absolute atomic E-state index is 12.9. The van der Waals surface area contributed by atoms with Crippen LogP contribution in [-0.4, -0.2) is 25.5 Å². The van der Waals surface area contributed by atoms with Crippen LogP contribution in [0.3, 0.4) is 0 Å². The van der Waals surface area contributed by atoms with Gasteiger partial charge in [-0.05, 0) is 24.6 Å². The fourth-order valence-corrected chi connectivity index (χ4v) is 2.21. The van der Waals surface area contributed by atoms with Crippen molar-refractivity contribution in [1.82, 2.24) is 19.6 Å². The highest BCUT2D eigenvalue weighted by Gasteiger charge is 2.13. The highest BCUT2D eigenvalue weighted by molar-refractivity contribution is 6.04. The summed E-state index contributed by atoms with van der Waals surface area (Å²) in [6.07, 6.45) is 4.84. The molecule has 23 heavy (non-hydrogen) atoms. The van der Waals surface area contributed by atoms with E-state index in [1.54, 1.807) is 40.9 Å². The van der Waals surface area contributed by atoms with Crippen molar-refractivity contribution in [2.75, 3.05) is 5.32 Å². The molecule has 0 unspecified atom stereocenters. The molecule has 1 N–H and O–H groups in total. The molecule has 0 aliphatic rings. The zero-order valence-electron chi connectivity index (χ0n) is 12.8. The first-order valence-corrected chi connectivity index (χ1v) is 7.10. The maximum Gasteiger partial charge on any atom is 0.259 e. The molecule has 0 aliphatic carbocycles. The molecule has 1 amide bonds. The van der Waals surface area contributed by atoms with E-state index in [0.29, 0.717) is 17.8 Å². The molecule has 0 atom stereocenters. The standard InChI is InChI=1S/C16H16FN5O/c1-11-15(8-18-21(11)2)16(23)20-14-7-19-22(10-14)9-12-3-5-13(17)6-4-12/h3-8,10H,9H2,1-2H3,(H,20,23). The predicted octanol–water partition coefficient (Wildman–Crippen LogP) is 2.36. The van der Waals surface area contributed by atoms with Gasteiger partial charge in [0, 0.05) is 18.9 Å². The smallest absolute Gasteiger partial charge is 0.259 e. The molecule has 2 heterocycles. The normalized spacial score (nSPS) is 10.7. The molecule has 118 valence electrons. The minimum Gasteiger partial charge on any atom is -0.319 e.